The molecule has 2 rings (SSSR count). The van der Waals surface area contributed by atoms with Gasteiger partial charge in [0.25, 0.3) is 0 Å². The molecule has 80 valence electrons. The molecule has 0 amide bonds. The van der Waals surface area contributed by atoms with Crippen LogP contribution in [0, 0.1) is 5.82 Å². The van der Waals surface area contributed by atoms with E-state index in [-0.39, 0.29) is 12.4 Å². The van der Waals surface area contributed by atoms with E-state index < -0.39 is 17.7 Å². The van der Waals surface area contributed by atoms with Crippen molar-refractivity contribution in [3.63, 3.8) is 0 Å². The molecule has 1 unspecified atom stereocenters. The predicted octanol–water partition coefficient (Wildman–Crippen LogP) is 2.54. The van der Waals surface area contributed by atoms with Crippen LogP contribution in [0.3, 0.4) is 0 Å². The average Bonchev–Trinajstić information content (AvgIpc) is 2.16. The highest BCUT2D eigenvalue weighted by Crippen LogP contribution is 2.37. The summed E-state index contributed by atoms with van der Waals surface area (Å²) in [7, 11) is 0. The third-order valence-corrected chi connectivity index (χ3v) is 2.82. The Labute approximate surface area is 94.0 Å². The van der Waals surface area contributed by atoms with Crippen molar-refractivity contribution in [1.29, 1.82) is 0 Å². The Morgan fingerprint density at radius 3 is 3.00 bits per heavy atom. The second-order valence-corrected chi connectivity index (χ2v) is 4.25. The maximum Gasteiger partial charge on any atom is 0.311 e. The van der Waals surface area contributed by atoms with Gasteiger partial charge < -0.3 is 9.84 Å². The lowest BCUT2D eigenvalue weighted by Gasteiger charge is -2.23. The number of carboxylic acid groups (broad SMARTS) is 1. The van der Waals surface area contributed by atoms with Gasteiger partial charge in [0.15, 0.2) is 11.6 Å². The predicted molar refractivity (Wildman–Crippen MR) is 54.6 cm³/mol. The van der Waals surface area contributed by atoms with E-state index in [4.69, 9.17) is 9.84 Å². The van der Waals surface area contributed by atoms with Crippen LogP contribution in [0.4, 0.5) is 4.39 Å². The summed E-state index contributed by atoms with van der Waals surface area (Å²) >= 11 is 3.13. The molecule has 0 saturated heterocycles. The lowest BCUT2D eigenvalue weighted by molar-refractivity contribution is -0.139. The Kier molecular flexibility index (Phi) is 2.65. The maximum atomic E-state index is 13.4. The van der Waals surface area contributed by atoms with Crippen LogP contribution in [0.2, 0.25) is 0 Å². The van der Waals surface area contributed by atoms with Crippen LogP contribution in [0.1, 0.15) is 17.9 Å². The van der Waals surface area contributed by atoms with Gasteiger partial charge in [0, 0.05) is 10.0 Å². The third-order valence-electron chi connectivity index (χ3n) is 2.36. The van der Waals surface area contributed by atoms with Crippen LogP contribution >= 0.6 is 15.9 Å². The van der Waals surface area contributed by atoms with Crippen molar-refractivity contribution in [3.8, 4) is 5.75 Å². The Balaban J connectivity index is 2.55. The van der Waals surface area contributed by atoms with E-state index in [1.807, 2.05) is 0 Å². The van der Waals surface area contributed by atoms with E-state index in [1.165, 1.54) is 6.07 Å². The van der Waals surface area contributed by atoms with Crippen molar-refractivity contribution in [2.45, 2.75) is 12.3 Å². The summed E-state index contributed by atoms with van der Waals surface area (Å²) in [4.78, 5) is 10.9. The molecule has 1 heterocycles. The minimum Gasteiger partial charge on any atom is -0.490 e. The molecule has 1 N–H and O–H groups in total. The zero-order chi connectivity index (χ0) is 11.0. The van der Waals surface area contributed by atoms with E-state index in [0.717, 1.165) is 0 Å². The molecule has 0 aliphatic carbocycles. The molecule has 0 fully saturated rings. The molecule has 5 heteroatoms. The number of aliphatic carboxylic acids is 1. The fourth-order valence-electron chi connectivity index (χ4n) is 1.68. The van der Waals surface area contributed by atoms with Crippen molar-refractivity contribution in [2.75, 3.05) is 6.61 Å². The molecule has 1 atom stereocenters. The summed E-state index contributed by atoms with van der Waals surface area (Å²) in [5, 5.41) is 8.97. The second kappa shape index (κ2) is 3.81. The minimum absolute atomic E-state index is 0.0665. The number of halogens is 2. The summed E-state index contributed by atoms with van der Waals surface area (Å²) in [5.74, 6) is -2.08. The number of ether oxygens (including phenoxy) is 1. The molecule has 0 saturated carbocycles. The molecule has 0 aromatic heterocycles. The first-order valence-electron chi connectivity index (χ1n) is 4.44. The van der Waals surface area contributed by atoms with Gasteiger partial charge in [0.2, 0.25) is 0 Å². The molecule has 1 aliphatic rings. The van der Waals surface area contributed by atoms with Gasteiger partial charge in [-0.25, -0.2) is 4.39 Å². The zero-order valence-electron chi connectivity index (χ0n) is 7.67. The summed E-state index contributed by atoms with van der Waals surface area (Å²) in [6.45, 7) is 0.239. The number of hydrogen-bond acceptors (Lipinski definition) is 2. The van der Waals surface area contributed by atoms with Crippen LogP contribution in [0.25, 0.3) is 0 Å². The minimum atomic E-state index is -0.947. The second-order valence-electron chi connectivity index (χ2n) is 3.33. The first-order chi connectivity index (χ1) is 7.09. The van der Waals surface area contributed by atoms with Gasteiger partial charge in [-0.2, -0.15) is 0 Å². The normalized spacial score (nSPS) is 19.2. The standard InChI is InChI=1S/C10H8BrFO3/c11-5-3-7-6(10(13)14)1-2-15-9(7)8(12)4-5/h3-4,6H,1-2H2,(H,13,14). The van der Waals surface area contributed by atoms with Crippen molar-refractivity contribution in [3.05, 3.63) is 28.0 Å². The number of carboxylic acids is 1. The highest BCUT2D eigenvalue weighted by Gasteiger charge is 2.29. The number of hydrogen-bond donors (Lipinski definition) is 1. The topological polar surface area (TPSA) is 46.5 Å². The average molecular weight is 275 g/mol. The van der Waals surface area contributed by atoms with E-state index in [2.05, 4.69) is 15.9 Å². The number of carbonyl (C=O) groups is 1. The summed E-state index contributed by atoms with van der Waals surface area (Å²) < 4.78 is 19.1. The van der Waals surface area contributed by atoms with Crippen molar-refractivity contribution < 1.29 is 19.0 Å². The maximum absolute atomic E-state index is 13.4. The Bertz CT molecular complexity index is 419. The lowest BCUT2D eigenvalue weighted by Crippen LogP contribution is -2.21. The van der Waals surface area contributed by atoms with Crippen LogP contribution in [-0.4, -0.2) is 17.7 Å². The molecule has 0 spiro atoms. The first kappa shape index (κ1) is 10.4. The van der Waals surface area contributed by atoms with Gasteiger partial charge in [-0.1, -0.05) is 15.9 Å². The highest BCUT2D eigenvalue weighted by atomic mass is 79.9. The molecular weight excluding hydrogens is 267 g/mol. The largest absolute Gasteiger partial charge is 0.490 e. The lowest BCUT2D eigenvalue weighted by atomic mass is 9.93. The SMILES string of the molecule is O=C(O)C1CCOc2c(F)cc(Br)cc21. The number of rotatable bonds is 1. The van der Waals surface area contributed by atoms with Crippen LogP contribution in [-0.2, 0) is 4.79 Å². The quantitative estimate of drug-likeness (QED) is 0.856. The third kappa shape index (κ3) is 1.84. The van der Waals surface area contributed by atoms with Crippen molar-refractivity contribution >= 4 is 21.9 Å². The smallest absolute Gasteiger partial charge is 0.311 e. The van der Waals surface area contributed by atoms with Crippen LogP contribution < -0.4 is 4.74 Å². The van der Waals surface area contributed by atoms with Crippen LogP contribution in [0.15, 0.2) is 16.6 Å². The van der Waals surface area contributed by atoms with Gasteiger partial charge in [0.05, 0.1) is 12.5 Å². The van der Waals surface area contributed by atoms with E-state index in [9.17, 15) is 9.18 Å². The van der Waals surface area contributed by atoms with Crippen molar-refractivity contribution in [1.82, 2.24) is 0 Å². The summed E-state index contributed by atoms with van der Waals surface area (Å²) in [6.07, 6.45) is 0.373. The molecule has 1 aromatic carbocycles. The van der Waals surface area contributed by atoms with Gasteiger partial charge in [-0.15, -0.1) is 0 Å². The van der Waals surface area contributed by atoms with E-state index in [1.54, 1.807) is 6.07 Å². The summed E-state index contributed by atoms with van der Waals surface area (Å²) in [6, 6.07) is 2.86. The summed E-state index contributed by atoms with van der Waals surface area (Å²) in [5.41, 5.74) is 0.403. The monoisotopic (exact) mass is 274 g/mol. The number of fused-ring (bicyclic) bond motifs is 1. The molecular formula is C10H8BrFO3. The molecule has 1 aliphatic heterocycles. The number of benzene rings is 1. The molecule has 0 radical (unpaired) electrons. The first-order valence-corrected chi connectivity index (χ1v) is 5.23. The molecule has 0 bridgehead atoms. The van der Waals surface area contributed by atoms with Gasteiger partial charge >= 0.3 is 5.97 Å². The van der Waals surface area contributed by atoms with Gasteiger partial charge in [0.1, 0.15) is 0 Å². The zero-order valence-corrected chi connectivity index (χ0v) is 9.25. The van der Waals surface area contributed by atoms with E-state index >= 15 is 0 Å². The van der Waals surface area contributed by atoms with Gasteiger partial charge in [-0.3, -0.25) is 4.79 Å². The molecule has 15 heavy (non-hydrogen) atoms. The van der Waals surface area contributed by atoms with E-state index in [0.29, 0.717) is 16.5 Å². The highest BCUT2D eigenvalue weighted by molar-refractivity contribution is 9.10. The fraction of sp³-hybridized carbons (Fsp3) is 0.300. The molecule has 3 nitrogen and oxygen atoms in total. The Hall–Kier alpha value is -1.10. The van der Waals surface area contributed by atoms with Gasteiger partial charge in [-0.05, 0) is 18.6 Å². The Morgan fingerprint density at radius 1 is 1.60 bits per heavy atom. The van der Waals surface area contributed by atoms with Crippen molar-refractivity contribution in [2.24, 2.45) is 0 Å². The van der Waals surface area contributed by atoms with Crippen LogP contribution in [0.5, 0.6) is 5.75 Å². The fourth-order valence-corrected chi connectivity index (χ4v) is 2.13. The Morgan fingerprint density at radius 2 is 2.33 bits per heavy atom. The molecule has 1 aromatic rings.